The van der Waals surface area contributed by atoms with Crippen LogP contribution < -0.4 is 16.8 Å². The summed E-state index contributed by atoms with van der Waals surface area (Å²) >= 11 is 0. The minimum Gasteiger partial charge on any atom is -0.353 e. The van der Waals surface area contributed by atoms with Gasteiger partial charge in [0.05, 0.1) is 0 Å². The number of carbonyl (C=O) groups is 1. The van der Waals surface area contributed by atoms with Crippen molar-refractivity contribution in [3.63, 3.8) is 0 Å². The Bertz CT molecular complexity index is 225. The lowest BCUT2D eigenvalue weighted by molar-refractivity contribution is -0.122. The van der Waals surface area contributed by atoms with Gasteiger partial charge in [0.1, 0.15) is 0 Å². The van der Waals surface area contributed by atoms with Crippen molar-refractivity contribution in [1.82, 2.24) is 5.32 Å². The molecule has 1 rings (SSSR count). The van der Waals surface area contributed by atoms with Gasteiger partial charge in [-0.05, 0) is 51.0 Å². The van der Waals surface area contributed by atoms with Gasteiger partial charge in [-0.15, -0.1) is 0 Å². The predicted molar refractivity (Wildman–Crippen MR) is 70.4 cm³/mol. The minimum atomic E-state index is 0.189. The third-order valence-electron chi connectivity index (χ3n) is 3.66. The third-order valence-corrected chi connectivity index (χ3v) is 3.66. The van der Waals surface area contributed by atoms with Crippen LogP contribution in [-0.4, -0.2) is 24.5 Å². The normalized spacial score (nSPS) is 26.5. The van der Waals surface area contributed by atoms with E-state index in [0.717, 1.165) is 38.5 Å². The molecule has 1 atom stereocenters. The monoisotopic (exact) mass is 241 g/mol. The molecule has 17 heavy (non-hydrogen) atoms. The van der Waals surface area contributed by atoms with E-state index >= 15 is 0 Å². The zero-order valence-corrected chi connectivity index (χ0v) is 11.0. The lowest BCUT2D eigenvalue weighted by atomic mass is 9.91. The highest BCUT2D eigenvalue weighted by Crippen LogP contribution is 2.17. The van der Waals surface area contributed by atoms with E-state index in [1.54, 1.807) is 0 Å². The molecule has 100 valence electrons. The van der Waals surface area contributed by atoms with Crippen LogP contribution in [-0.2, 0) is 4.79 Å². The standard InChI is InChI=1S/C13H27N3O/c1-10(8-9-14)2-7-13(17)16-12-5-3-11(15)4-6-12/h10-12H,2-9,14-15H2,1H3,(H,16,17). The molecule has 0 bridgehead atoms. The number of rotatable bonds is 6. The number of hydrogen-bond acceptors (Lipinski definition) is 3. The van der Waals surface area contributed by atoms with Crippen LogP contribution in [0.2, 0.25) is 0 Å². The maximum absolute atomic E-state index is 11.7. The molecule has 1 unspecified atom stereocenters. The van der Waals surface area contributed by atoms with E-state index in [9.17, 15) is 4.79 Å². The molecule has 0 aromatic heterocycles. The number of amides is 1. The summed E-state index contributed by atoms with van der Waals surface area (Å²) in [6.45, 7) is 2.86. The Morgan fingerprint density at radius 2 is 1.94 bits per heavy atom. The summed E-state index contributed by atoms with van der Waals surface area (Å²) in [6.07, 6.45) is 6.71. The number of hydrogen-bond donors (Lipinski definition) is 3. The molecule has 0 spiro atoms. The van der Waals surface area contributed by atoms with E-state index in [-0.39, 0.29) is 5.91 Å². The lowest BCUT2D eigenvalue weighted by Gasteiger charge is -2.27. The molecule has 0 aromatic carbocycles. The summed E-state index contributed by atoms with van der Waals surface area (Å²) in [5, 5.41) is 3.11. The fraction of sp³-hybridized carbons (Fsp3) is 0.923. The molecule has 0 heterocycles. The maximum atomic E-state index is 11.7. The molecule has 0 radical (unpaired) electrons. The fourth-order valence-electron chi connectivity index (χ4n) is 2.37. The molecule has 0 aromatic rings. The minimum absolute atomic E-state index is 0.189. The number of carbonyl (C=O) groups excluding carboxylic acids is 1. The summed E-state index contributed by atoms with van der Waals surface area (Å²) in [6, 6.07) is 0.694. The van der Waals surface area contributed by atoms with Crippen molar-refractivity contribution in [2.24, 2.45) is 17.4 Å². The summed E-state index contributed by atoms with van der Waals surface area (Å²) in [5.74, 6) is 0.736. The van der Waals surface area contributed by atoms with Gasteiger partial charge in [-0.3, -0.25) is 4.79 Å². The van der Waals surface area contributed by atoms with Crippen molar-refractivity contribution < 1.29 is 4.79 Å². The van der Waals surface area contributed by atoms with Crippen LogP contribution in [0.4, 0.5) is 0 Å². The average Bonchev–Trinajstić information content (AvgIpc) is 2.30. The van der Waals surface area contributed by atoms with Crippen molar-refractivity contribution in [2.75, 3.05) is 6.54 Å². The number of nitrogens with two attached hydrogens (primary N) is 2. The van der Waals surface area contributed by atoms with E-state index < -0.39 is 0 Å². The fourth-order valence-corrected chi connectivity index (χ4v) is 2.37. The first kappa shape index (κ1) is 14.5. The summed E-state index contributed by atoms with van der Waals surface area (Å²) < 4.78 is 0. The SMILES string of the molecule is CC(CCN)CCC(=O)NC1CCC(N)CC1. The van der Waals surface area contributed by atoms with Crippen LogP contribution in [0.3, 0.4) is 0 Å². The topological polar surface area (TPSA) is 81.1 Å². The first-order valence-corrected chi connectivity index (χ1v) is 6.86. The van der Waals surface area contributed by atoms with Crippen molar-refractivity contribution in [2.45, 2.75) is 64.0 Å². The second-order valence-electron chi connectivity index (χ2n) is 5.40. The van der Waals surface area contributed by atoms with Crippen LogP contribution in [0.1, 0.15) is 51.9 Å². The van der Waals surface area contributed by atoms with Crippen LogP contribution in [0.15, 0.2) is 0 Å². The molecular weight excluding hydrogens is 214 g/mol. The van der Waals surface area contributed by atoms with E-state index in [0.29, 0.717) is 31.0 Å². The van der Waals surface area contributed by atoms with Gasteiger partial charge >= 0.3 is 0 Å². The van der Waals surface area contributed by atoms with Gasteiger partial charge in [-0.2, -0.15) is 0 Å². The van der Waals surface area contributed by atoms with Gasteiger partial charge in [0.25, 0.3) is 0 Å². The average molecular weight is 241 g/mol. The Labute approximate surface area is 105 Å². The first-order chi connectivity index (χ1) is 8.11. The molecule has 1 aliphatic rings. The van der Waals surface area contributed by atoms with Crippen LogP contribution in [0, 0.1) is 5.92 Å². The molecule has 1 saturated carbocycles. The summed E-state index contributed by atoms with van der Waals surface area (Å²) in [7, 11) is 0. The summed E-state index contributed by atoms with van der Waals surface area (Å²) in [4.78, 5) is 11.7. The molecule has 5 N–H and O–H groups in total. The van der Waals surface area contributed by atoms with Crippen molar-refractivity contribution in [1.29, 1.82) is 0 Å². The van der Waals surface area contributed by atoms with Crippen molar-refractivity contribution in [3.05, 3.63) is 0 Å². The Hall–Kier alpha value is -0.610. The van der Waals surface area contributed by atoms with E-state index in [4.69, 9.17) is 11.5 Å². The zero-order chi connectivity index (χ0) is 12.7. The molecular formula is C13H27N3O. The van der Waals surface area contributed by atoms with Crippen molar-refractivity contribution in [3.8, 4) is 0 Å². The van der Waals surface area contributed by atoms with Crippen molar-refractivity contribution >= 4 is 5.91 Å². The van der Waals surface area contributed by atoms with E-state index in [2.05, 4.69) is 12.2 Å². The Morgan fingerprint density at radius 3 is 2.53 bits per heavy atom. The molecule has 4 heteroatoms. The number of nitrogens with one attached hydrogen (secondary N) is 1. The molecule has 0 saturated heterocycles. The van der Waals surface area contributed by atoms with Gasteiger partial charge < -0.3 is 16.8 Å². The smallest absolute Gasteiger partial charge is 0.220 e. The first-order valence-electron chi connectivity index (χ1n) is 6.86. The van der Waals surface area contributed by atoms with Crippen LogP contribution >= 0.6 is 0 Å². The zero-order valence-electron chi connectivity index (χ0n) is 11.0. The van der Waals surface area contributed by atoms with Gasteiger partial charge in [0, 0.05) is 18.5 Å². The Morgan fingerprint density at radius 1 is 1.29 bits per heavy atom. The van der Waals surface area contributed by atoms with Gasteiger partial charge in [-0.1, -0.05) is 6.92 Å². The third kappa shape index (κ3) is 6.03. The highest BCUT2D eigenvalue weighted by molar-refractivity contribution is 5.76. The summed E-state index contributed by atoms with van der Waals surface area (Å²) in [5.41, 5.74) is 11.3. The van der Waals surface area contributed by atoms with Crippen LogP contribution in [0.25, 0.3) is 0 Å². The highest BCUT2D eigenvalue weighted by atomic mass is 16.1. The molecule has 1 amide bonds. The van der Waals surface area contributed by atoms with E-state index in [1.807, 2.05) is 0 Å². The molecule has 1 fully saturated rings. The molecule has 4 nitrogen and oxygen atoms in total. The maximum Gasteiger partial charge on any atom is 0.220 e. The molecule has 1 aliphatic carbocycles. The molecule has 0 aliphatic heterocycles. The largest absolute Gasteiger partial charge is 0.353 e. The second kappa shape index (κ2) is 7.67. The van der Waals surface area contributed by atoms with Gasteiger partial charge in [0.2, 0.25) is 5.91 Å². The Kier molecular flexibility index (Phi) is 6.52. The van der Waals surface area contributed by atoms with Gasteiger partial charge in [0.15, 0.2) is 0 Å². The second-order valence-corrected chi connectivity index (χ2v) is 5.40. The van der Waals surface area contributed by atoms with Gasteiger partial charge in [-0.25, -0.2) is 0 Å². The predicted octanol–water partition coefficient (Wildman–Crippen LogP) is 1.14. The quantitative estimate of drug-likeness (QED) is 0.652. The Balaban J connectivity index is 2.12. The highest BCUT2D eigenvalue weighted by Gasteiger charge is 2.19. The van der Waals surface area contributed by atoms with E-state index in [1.165, 1.54) is 0 Å². The van der Waals surface area contributed by atoms with Crippen LogP contribution in [0.5, 0.6) is 0 Å². The lowest BCUT2D eigenvalue weighted by Crippen LogP contribution is -2.40.